The van der Waals surface area contributed by atoms with E-state index in [0.717, 1.165) is 32.0 Å². The molecule has 5 heteroatoms. The zero-order valence-electron chi connectivity index (χ0n) is 13.2. The molecule has 0 radical (unpaired) electrons. The second-order valence-electron chi connectivity index (χ2n) is 6.16. The molecule has 3 atom stereocenters. The molecule has 1 aliphatic heterocycles. The van der Waals surface area contributed by atoms with Crippen LogP contribution in [0.3, 0.4) is 0 Å². The number of amides is 2. The molecule has 1 rings (SSSR count). The SMILES string of the molecule is CCC(O)CCNC(=O)NC(C)CN1CCCC(C)C1. The number of aliphatic hydroxyl groups excluding tert-OH is 1. The molecule has 0 aromatic rings. The van der Waals surface area contributed by atoms with E-state index in [-0.39, 0.29) is 18.2 Å². The fraction of sp³-hybridized carbons (Fsp3) is 0.933. The van der Waals surface area contributed by atoms with E-state index in [0.29, 0.717) is 13.0 Å². The Hall–Kier alpha value is -0.810. The first-order valence-corrected chi connectivity index (χ1v) is 7.96. The normalized spacial score (nSPS) is 23.1. The number of hydrogen-bond donors (Lipinski definition) is 3. The van der Waals surface area contributed by atoms with Gasteiger partial charge in [0.25, 0.3) is 0 Å². The summed E-state index contributed by atoms with van der Waals surface area (Å²) in [4.78, 5) is 14.1. The van der Waals surface area contributed by atoms with Crippen LogP contribution in [0, 0.1) is 5.92 Å². The van der Waals surface area contributed by atoms with Gasteiger partial charge in [-0.2, -0.15) is 0 Å². The maximum absolute atomic E-state index is 11.7. The first kappa shape index (κ1) is 17.2. The van der Waals surface area contributed by atoms with E-state index in [1.165, 1.54) is 12.8 Å². The van der Waals surface area contributed by atoms with E-state index in [4.69, 9.17) is 0 Å². The topological polar surface area (TPSA) is 64.6 Å². The smallest absolute Gasteiger partial charge is 0.315 e. The molecule has 3 unspecified atom stereocenters. The van der Waals surface area contributed by atoms with Gasteiger partial charge in [-0.05, 0) is 45.1 Å². The number of aliphatic hydroxyl groups is 1. The van der Waals surface area contributed by atoms with Gasteiger partial charge in [0.1, 0.15) is 0 Å². The van der Waals surface area contributed by atoms with Crippen LogP contribution in [0.2, 0.25) is 0 Å². The van der Waals surface area contributed by atoms with Crippen LogP contribution in [0.1, 0.15) is 46.5 Å². The van der Waals surface area contributed by atoms with Crippen molar-refractivity contribution in [1.82, 2.24) is 15.5 Å². The predicted octanol–water partition coefficient (Wildman–Crippen LogP) is 1.57. The first-order chi connectivity index (χ1) is 9.51. The maximum Gasteiger partial charge on any atom is 0.315 e. The Kier molecular flexibility index (Phi) is 7.92. The molecule has 1 saturated heterocycles. The summed E-state index contributed by atoms with van der Waals surface area (Å²) in [6.07, 6.45) is 3.60. The molecule has 1 fully saturated rings. The molecule has 0 aromatic carbocycles. The molecule has 1 aliphatic rings. The Morgan fingerprint density at radius 1 is 1.50 bits per heavy atom. The van der Waals surface area contributed by atoms with E-state index in [9.17, 15) is 9.90 Å². The lowest BCUT2D eigenvalue weighted by Crippen LogP contribution is -2.48. The van der Waals surface area contributed by atoms with Gasteiger partial charge < -0.3 is 20.6 Å². The van der Waals surface area contributed by atoms with Gasteiger partial charge in [-0.25, -0.2) is 4.79 Å². The molecule has 0 saturated carbocycles. The minimum atomic E-state index is -0.317. The molecule has 20 heavy (non-hydrogen) atoms. The van der Waals surface area contributed by atoms with Crippen molar-refractivity contribution in [3.8, 4) is 0 Å². The highest BCUT2D eigenvalue weighted by atomic mass is 16.3. The van der Waals surface area contributed by atoms with E-state index in [1.807, 2.05) is 13.8 Å². The van der Waals surface area contributed by atoms with Gasteiger partial charge in [0.15, 0.2) is 0 Å². The van der Waals surface area contributed by atoms with Crippen molar-refractivity contribution in [3.05, 3.63) is 0 Å². The van der Waals surface area contributed by atoms with Gasteiger partial charge in [0.2, 0.25) is 0 Å². The van der Waals surface area contributed by atoms with Crippen molar-refractivity contribution in [2.75, 3.05) is 26.2 Å². The number of nitrogens with one attached hydrogen (secondary N) is 2. The van der Waals surface area contributed by atoms with Crippen molar-refractivity contribution in [2.24, 2.45) is 5.92 Å². The summed E-state index contributed by atoms with van der Waals surface area (Å²) in [5.74, 6) is 0.764. The van der Waals surface area contributed by atoms with E-state index in [1.54, 1.807) is 0 Å². The third-order valence-electron chi connectivity index (χ3n) is 3.89. The molecular weight excluding hydrogens is 254 g/mol. The summed E-state index contributed by atoms with van der Waals surface area (Å²) in [6, 6.07) is 0.0160. The quantitative estimate of drug-likeness (QED) is 0.665. The first-order valence-electron chi connectivity index (χ1n) is 7.96. The van der Waals surface area contributed by atoms with Crippen molar-refractivity contribution in [2.45, 2.75) is 58.6 Å². The molecule has 3 N–H and O–H groups in total. The lowest BCUT2D eigenvalue weighted by Gasteiger charge is -2.32. The highest BCUT2D eigenvalue weighted by Gasteiger charge is 2.18. The summed E-state index contributed by atoms with van der Waals surface area (Å²) >= 11 is 0. The van der Waals surface area contributed by atoms with Gasteiger partial charge in [-0.3, -0.25) is 0 Å². The third-order valence-corrected chi connectivity index (χ3v) is 3.89. The number of nitrogens with zero attached hydrogens (tertiary/aromatic N) is 1. The zero-order chi connectivity index (χ0) is 15.0. The largest absolute Gasteiger partial charge is 0.393 e. The summed E-state index contributed by atoms with van der Waals surface area (Å²) in [7, 11) is 0. The molecule has 0 aliphatic carbocycles. The Bertz CT molecular complexity index is 286. The van der Waals surface area contributed by atoms with Crippen molar-refractivity contribution < 1.29 is 9.90 Å². The van der Waals surface area contributed by atoms with Crippen LogP contribution in [0.25, 0.3) is 0 Å². The molecule has 0 bridgehead atoms. The number of hydrogen-bond acceptors (Lipinski definition) is 3. The second-order valence-corrected chi connectivity index (χ2v) is 6.16. The predicted molar refractivity (Wildman–Crippen MR) is 81.7 cm³/mol. The number of urea groups is 1. The van der Waals surface area contributed by atoms with Crippen LogP contribution < -0.4 is 10.6 Å². The standard InChI is InChI=1S/C15H31N3O2/c1-4-14(19)7-8-16-15(20)17-13(3)11-18-9-5-6-12(2)10-18/h12-14,19H,4-11H2,1-3H3,(H2,16,17,20). The average Bonchev–Trinajstić information content (AvgIpc) is 2.38. The van der Waals surface area contributed by atoms with Crippen molar-refractivity contribution >= 4 is 6.03 Å². The number of carbonyl (C=O) groups excluding carboxylic acids is 1. The van der Waals surface area contributed by atoms with Gasteiger partial charge in [0.05, 0.1) is 6.10 Å². The third kappa shape index (κ3) is 7.10. The summed E-state index contributed by atoms with van der Waals surface area (Å²) < 4.78 is 0. The monoisotopic (exact) mass is 285 g/mol. The molecular formula is C15H31N3O2. The van der Waals surface area contributed by atoms with Gasteiger partial charge in [0, 0.05) is 25.7 Å². The number of piperidine rings is 1. The van der Waals surface area contributed by atoms with Crippen LogP contribution in [0.4, 0.5) is 4.79 Å². The average molecular weight is 285 g/mol. The molecule has 0 spiro atoms. The van der Waals surface area contributed by atoms with E-state index < -0.39 is 0 Å². The number of likely N-dealkylation sites (tertiary alicyclic amines) is 1. The number of rotatable bonds is 7. The molecule has 5 nitrogen and oxygen atoms in total. The highest BCUT2D eigenvalue weighted by molar-refractivity contribution is 5.74. The van der Waals surface area contributed by atoms with Crippen molar-refractivity contribution in [3.63, 3.8) is 0 Å². The zero-order valence-corrected chi connectivity index (χ0v) is 13.2. The minimum absolute atomic E-state index is 0.133. The Morgan fingerprint density at radius 2 is 2.25 bits per heavy atom. The van der Waals surface area contributed by atoms with Crippen molar-refractivity contribution in [1.29, 1.82) is 0 Å². The number of carbonyl (C=O) groups is 1. The Morgan fingerprint density at radius 3 is 2.90 bits per heavy atom. The van der Waals surface area contributed by atoms with E-state index >= 15 is 0 Å². The maximum atomic E-state index is 11.7. The Labute approximate surface area is 123 Å². The van der Waals surface area contributed by atoms with Gasteiger partial charge >= 0.3 is 6.03 Å². The van der Waals surface area contributed by atoms with Crippen LogP contribution in [0.15, 0.2) is 0 Å². The lowest BCUT2D eigenvalue weighted by atomic mass is 10.00. The van der Waals surface area contributed by atoms with Gasteiger partial charge in [-0.1, -0.05) is 13.8 Å². The second kappa shape index (κ2) is 9.19. The highest BCUT2D eigenvalue weighted by Crippen LogP contribution is 2.15. The van der Waals surface area contributed by atoms with Crippen LogP contribution in [-0.4, -0.2) is 54.4 Å². The fourth-order valence-electron chi connectivity index (χ4n) is 2.72. The molecule has 1 heterocycles. The summed E-state index contributed by atoms with van der Waals surface area (Å²) in [5, 5.41) is 15.2. The molecule has 2 amide bonds. The molecule has 0 aromatic heterocycles. The molecule has 118 valence electrons. The van der Waals surface area contributed by atoms with Crippen LogP contribution >= 0.6 is 0 Å². The van der Waals surface area contributed by atoms with E-state index in [2.05, 4.69) is 22.5 Å². The van der Waals surface area contributed by atoms with Crippen LogP contribution in [-0.2, 0) is 0 Å². The summed E-state index contributed by atoms with van der Waals surface area (Å²) in [6.45, 7) is 9.98. The Balaban J connectivity index is 2.14. The van der Waals surface area contributed by atoms with Crippen LogP contribution in [0.5, 0.6) is 0 Å². The fourth-order valence-corrected chi connectivity index (χ4v) is 2.72. The summed E-state index contributed by atoms with van der Waals surface area (Å²) in [5.41, 5.74) is 0. The van der Waals surface area contributed by atoms with Gasteiger partial charge in [-0.15, -0.1) is 0 Å². The minimum Gasteiger partial charge on any atom is -0.393 e. The lowest BCUT2D eigenvalue weighted by molar-refractivity contribution is 0.158.